The second kappa shape index (κ2) is 25.1. The van der Waals surface area contributed by atoms with Gasteiger partial charge in [0.15, 0.2) is 0 Å². The SMILES string of the molecule is [CaH2].[Cu].[LiH].[MgH2].[Zn]. The Hall–Kier alpha value is 3.77. The summed E-state index contributed by atoms with van der Waals surface area (Å²) >= 11 is 0. The largest absolute Gasteiger partial charge is 0.316 e. The van der Waals surface area contributed by atoms with Crippen LogP contribution in [0.5, 0.6) is 0 Å². The van der Waals surface area contributed by atoms with E-state index in [0.29, 0.717) is 0 Å². The van der Waals surface area contributed by atoms with Crippen LogP contribution in [-0.2, 0) is 36.5 Å². The van der Waals surface area contributed by atoms with E-state index in [1.165, 1.54) is 0 Å². The molecule has 0 atom stereocenters. The average Bonchev–Trinajstić information content (AvgIpc) is 0. The number of hydrogen-bond donors (Lipinski definition) is 0. The van der Waals surface area contributed by atoms with E-state index in [1.807, 2.05) is 0 Å². The summed E-state index contributed by atoms with van der Waals surface area (Å²) in [5.74, 6) is 0. The van der Waals surface area contributed by atoms with Gasteiger partial charge in [-0.15, -0.1) is 0 Å². The first-order valence-corrected chi connectivity index (χ1v) is 0. The van der Waals surface area contributed by atoms with Gasteiger partial charge in [0.25, 0.3) is 0 Å². The van der Waals surface area contributed by atoms with Crippen molar-refractivity contribution in [2.45, 2.75) is 0 Å². The molecule has 0 nitrogen and oxygen atoms in total. The Balaban J connectivity index is 0. The van der Waals surface area contributed by atoms with Crippen molar-refractivity contribution < 1.29 is 36.5 Å². The molecule has 0 aromatic carbocycles. The Morgan fingerprint density at radius 1 is 1.00 bits per heavy atom. The minimum Gasteiger partial charge on any atom is 0 e. The summed E-state index contributed by atoms with van der Waals surface area (Å²) in [6.07, 6.45) is 0. The first-order valence-electron chi connectivity index (χ1n) is 0. The van der Waals surface area contributed by atoms with Crippen LogP contribution in [0.4, 0.5) is 0 Å². The molecule has 0 N–H and O–H groups in total. The van der Waals surface area contributed by atoms with Crippen molar-refractivity contribution in [1.29, 1.82) is 0 Å². The van der Waals surface area contributed by atoms with Crippen LogP contribution >= 0.6 is 0 Å². The van der Waals surface area contributed by atoms with Crippen molar-refractivity contribution in [2.75, 3.05) is 0 Å². The quantitative estimate of drug-likeness (QED) is 0.384. The van der Waals surface area contributed by atoms with Gasteiger partial charge in [-0.2, -0.15) is 0 Å². The molecule has 23 valence electrons. The predicted molar refractivity (Wildman–Crippen MR) is 24.2 cm³/mol. The van der Waals surface area contributed by atoms with Gasteiger partial charge in [-0.3, -0.25) is 0 Å². The second-order valence-corrected chi connectivity index (χ2v) is 0. The monoisotopic (exact) mass is 203 g/mol. The minimum absolute atomic E-state index is 0. The van der Waals surface area contributed by atoms with Crippen LogP contribution in [0.2, 0.25) is 0 Å². The van der Waals surface area contributed by atoms with Gasteiger partial charge in [0.1, 0.15) is 0 Å². The zero-order valence-electron chi connectivity index (χ0n) is 1.01. The first-order chi connectivity index (χ1) is 0. The molecule has 0 bridgehead atoms. The summed E-state index contributed by atoms with van der Waals surface area (Å²) in [6, 6.07) is 0. The van der Waals surface area contributed by atoms with E-state index in [9.17, 15) is 0 Å². The Morgan fingerprint density at radius 2 is 1.00 bits per heavy atom. The molecular weight excluding hydrogens is 200 g/mol. The summed E-state index contributed by atoms with van der Waals surface area (Å²) in [6.45, 7) is 0. The van der Waals surface area contributed by atoms with E-state index in [0.717, 1.165) is 0 Å². The Morgan fingerprint density at radius 3 is 1.00 bits per heavy atom. The summed E-state index contributed by atoms with van der Waals surface area (Å²) in [5.41, 5.74) is 0. The third-order valence-corrected chi connectivity index (χ3v) is 0. The van der Waals surface area contributed by atoms with Crippen molar-refractivity contribution in [1.82, 2.24) is 0 Å². The summed E-state index contributed by atoms with van der Waals surface area (Å²) in [7, 11) is 0. The Bertz CT molecular complexity index is 11.6. The molecule has 0 spiro atoms. The van der Waals surface area contributed by atoms with Crippen molar-refractivity contribution in [2.24, 2.45) is 0 Å². The number of hydrogen-bond acceptors (Lipinski definition) is 0. The molecule has 0 saturated heterocycles. The Labute approximate surface area is 114 Å². The normalized spacial score (nSPS) is 0. The van der Waals surface area contributed by atoms with Gasteiger partial charge >= 0.3 is 79.7 Å². The van der Waals surface area contributed by atoms with Gasteiger partial charge in [-0.25, -0.2) is 0 Å². The zero-order valence-corrected chi connectivity index (χ0v) is 4.92. The molecule has 0 aromatic rings. The van der Waals surface area contributed by atoms with E-state index in [2.05, 4.69) is 0 Å². The van der Waals surface area contributed by atoms with E-state index >= 15 is 0 Å². The van der Waals surface area contributed by atoms with Gasteiger partial charge < -0.3 is 0 Å². The third-order valence-electron chi connectivity index (χ3n) is 0. The third kappa shape index (κ3) is 18.2. The zero-order chi connectivity index (χ0) is 0. The van der Waals surface area contributed by atoms with Crippen LogP contribution in [0.3, 0.4) is 0 Å². The number of rotatable bonds is 0. The fraction of sp³-hybridized carbons (Fsp3) is 0. The van der Waals surface area contributed by atoms with Crippen LogP contribution in [0.15, 0.2) is 0 Å². The summed E-state index contributed by atoms with van der Waals surface area (Å²) in [5, 5.41) is 0. The average molecular weight is 205 g/mol. The predicted octanol–water partition coefficient (Wildman–Crippen LogP) is -2.49. The molecule has 0 aromatic heterocycles. The van der Waals surface area contributed by atoms with Gasteiger partial charge in [-0.1, -0.05) is 0 Å². The van der Waals surface area contributed by atoms with E-state index < -0.39 is 0 Å². The van der Waals surface area contributed by atoms with Gasteiger partial charge in [0, 0.05) is 36.5 Å². The molecule has 1 radical (unpaired) electrons. The van der Waals surface area contributed by atoms with Gasteiger partial charge in [0.2, 0.25) is 0 Å². The van der Waals surface area contributed by atoms with Gasteiger partial charge in [0.05, 0.1) is 0 Å². The van der Waals surface area contributed by atoms with Crippen LogP contribution in [0, 0.1) is 0 Å². The minimum atomic E-state index is 0. The fourth-order valence-corrected chi connectivity index (χ4v) is 0. The second-order valence-electron chi connectivity index (χ2n) is 0. The van der Waals surface area contributed by atoms with E-state index in [1.54, 1.807) is 0 Å². The smallest absolute Gasteiger partial charge is 0 e. The van der Waals surface area contributed by atoms with Crippen molar-refractivity contribution >= 4 is 79.7 Å². The first kappa shape index (κ1) is 37.3. The molecule has 0 aliphatic carbocycles. The molecule has 5 heteroatoms. The topological polar surface area (TPSA) is 0 Å². The molecule has 0 aliphatic rings. The maximum Gasteiger partial charge on any atom is 0.316 e. The summed E-state index contributed by atoms with van der Waals surface area (Å²) < 4.78 is 0. The molecular formula is H5CaCuLiMgZn. The molecule has 0 rings (SSSR count). The molecule has 0 aliphatic heterocycles. The molecule has 0 saturated carbocycles. The fourth-order valence-electron chi connectivity index (χ4n) is 0. The van der Waals surface area contributed by atoms with Crippen LogP contribution < -0.4 is 0 Å². The maximum absolute atomic E-state index is 0. The van der Waals surface area contributed by atoms with Gasteiger partial charge in [-0.05, 0) is 0 Å². The summed E-state index contributed by atoms with van der Waals surface area (Å²) in [4.78, 5) is 0. The standard InChI is InChI=1S/Ca.Cu.Li.Mg.Zn.5H. The molecule has 0 heterocycles. The van der Waals surface area contributed by atoms with E-state index in [-0.39, 0.29) is 116 Å². The molecule has 0 fully saturated rings. The maximum atomic E-state index is 0. The van der Waals surface area contributed by atoms with E-state index in [4.69, 9.17) is 0 Å². The van der Waals surface area contributed by atoms with Crippen LogP contribution in [-0.4, -0.2) is 79.7 Å². The van der Waals surface area contributed by atoms with Crippen molar-refractivity contribution in [3.8, 4) is 0 Å². The molecule has 0 unspecified atom stereocenters. The van der Waals surface area contributed by atoms with Crippen molar-refractivity contribution in [3.63, 3.8) is 0 Å². The Kier molecular flexibility index (Phi) is 187. The molecule has 0 amide bonds. The molecule has 5 heavy (non-hydrogen) atoms. The van der Waals surface area contributed by atoms with Crippen LogP contribution in [0.25, 0.3) is 0 Å². The van der Waals surface area contributed by atoms with Crippen LogP contribution in [0.1, 0.15) is 0 Å². The van der Waals surface area contributed by atoms with Crippen molar-refractivity contribution in [3.05, 3.63) is 0 Å².